The second-order valence-electron chi connectivity index (χ2n) is 7.69. The molecule has 1 aliphatic rings. The van der Waals surface area contributed by atoms with Gasteiger partial charge in [0, 0.05) is 61.1 Å². The molecule has 0 radical (unpaired) electrons. The van der Waals surface area contributed by atoms with Gasteiger partial charge in [0.2, 0.25) is 11.8 Å². The number of piperazine rings is 1. The molecule has 0 saturated carbocycles. The molecule has 1 fully saturated rings. The smallest absolute Gasteiger partial charge is 0.248 e. The highest BCUT2D eigenvalue weighted by molar-refractivity contribution is 6.35. The Morgan fingerprint density at radius 3 is 2.39 bits per heavy atom. The third-order valence-corrected chi connectivity index (χ3v) is 6.01. The number of anilines is 2. The Morgan fingerprint density at radius 1 is 0.970 bits per heavy atom. The number of hydrogen-bond acceptors (Lipinski definition) is 4. The number of furan rings is 1. The fraction of sp³-hybridized carbons (Fsp3) is 0.200. The topological polar surface area (TPSA) is 65.8 Å². The van der Waals surface area contributed by atoms with E-state index in [1.165, 1.54) is 6.08 Å². The maximum atomic E-state index is 12.3. The van der Waals surface area contributed by atoms with E-state index >= 15 is 0 Å². The van der Waals surface area contributed by atoms with Crippen molar-refractivity contribution in [1.29, 1.82) is 0 Å². The van der Waals surface area contributed by atoms with Gasteiger partial charge in [0.25, 0.3) is 0 Å². The van der Waals surface area contributed by atoms with Gasteiger partial charge in [0.1, 0.15) is 11.5 Å². The van der Waals surface area contributed by atoms with Gasteiger partial charge in [-0.05, 0) is 60.7 Å². The van der Waals surface area contributed by atoms with E-state index in [-0.39, 0.29) is 11.8 Å². The van der Waals surface area contributed by atoms with Crippen molar-refractivity contribution in [3.8, 4) is 11.3 Å². The van der Waals surface area contributed by atoms with Gasteiger partial charge >= 0.3 is 0 Å². The zero-order chi connectivity index (χ0) is 23.4. The zero-order valence-corrected chi connectivity index (χ0v) is 19.6. The summed E-state index contributed by atoms with van der Waals surface area (Å²) in [4.78, 5) is 27.9. The average Bonchev–Trinajstić information content (AvgIpc) is 3.29. The van der Waals surface area contributed by atoms with Crippen molar-refractivity contribution >= 4 is 52.5 Å². The predicted molar refractivity (Wildman–Crippen MR) is 133 cm³/mol. The van der Waals surface area contributed by atoms with Crippen molar-refractivity contribution in [2.45, 2.75) is 6.92 Å². The first-order valence-corrected chi connectivity index (χ1v) is 11.3. The number of nitrogens with zero attached hydrogens (tertiary/aromatic N) is 2. The van der Waals surface area contributed by atoms with E-state index in [2.05, 4.69) is 10.2 Å². The molecule has 0 spiro atoms. The van der Waals surface area contributed by atoms with Crippen LogP contribution in [0.3, 0.4) is 0 Å². The normalized spacial score (nSPS) is 14.0. The van der Waals surface area contributed by atoms with Crippen molar-refractivity contribution in [3.05, 3.63) is 76.5 Å². The van der Waals surface area contributed by atoms with Gasteiger partial charge in [0.05, 0.1) is 5.02 Å². The number of halogens is 2. The Hall–Kier alpha value is -3.22. The summed E-state index contributed by atoms with van der Waals surface area (Å²) >= 11 is 12.3. The molecule has 1 saturated heterocycles. The van der Waals surface area contributed by atoms with E-state index in [0.717, 1.165) is 31.9 Å². The van der Waals surface area contributed by atoms with E-state index in [1.807, 2.05) is 29.2 Å². The number of carbonyl (C=O) groups excluding carboxylic acids is 2. The van der Waals surface area contributed by atoms with Crippen LogP contribution in [0.2, 0.25) is 10.0 Å². The molecule has 1 aliphatic heterocycles. The van der Waals surface area contributed by atoms with Crippen LogP contribution in [-0.2, 0) is 9.59 Å². The first-order chi connectivity index (χ1) is 15.9. The first-order valence-electron chi connectivity index (χ1n) is 10.5. The molecule has 1 aromatic heterocycles. The van der Waals surface area contributed by atoms with E-state index in [9.17, 15) is 9.59 Å². The molecule has 0 bridgehead atoms. The van der Waals surface area contributed by atoms with Crippen LogP contribution in [0.5, 0.6) is 0 Å². The lowest BCUT2D eigenvalue weighted by molar-refractivity contribution is -0.129. The van der Waals surface area contributed by atoms with Gasteiger partial charge in [-0.1, -0.05) is 23.2 Å². The Labute approximate surface area is 202 Å². The third-order valence-electron chi connectivity index (χ3n) is 5.44. The highest BCUT2D eigenvalue weighted by Gasteiger charge is 2.18. The largest absolute Gasteiger partial charge is 0.457 e. The van der Waals surface area contributed by atoms with E-state index in [4.69, 9.17) is 27.6 Å². The number of benzene rings is 2. The van der Waals surface area contributed by atoms with Crippen molar-refractivity contribution < 1.29 is 14.0 Å². The SMILES string of the molecule is CC(=O)N1CCN(c2ccc(NC(=O)/C=C/c3ccc(-c4cc(Cl)ccc4Cl)o3)cc2)CC1. The van der Waals surface area contributed by atoms with Gasteiger partial charge in [-0.2, -0.15) is 0 Å². The summed E-state index contributed by atoms with van der Waals surface area (Å²) < 4.78 is 5.77. The Morgan fingerprint density at radius 2 is 1.70 bits per heavy atom. The minimum atomic E-state index is -0.267. The Balaban J connectivity index is 1.33. The Kier molecular flexibility index (Phi) is 7.06. The van der Waals surface area contributed by atoms with Crippen LogP contribution >= 0.6 is 23.2 Å². The summed E-state index contributed by atoms with van der Waals surface area (Å²) in [7, 11) is 0. The molecule has 0 atom stereocenters. The summed E-state index contributed by atoms with van der Waals surface area (Å²) in [6.45, 7) is 4.62. The second-order valence-corrected chi connectivity index (χ2v) is 8.53. The lowest BCUT2D eigenvalue weighted by atomic mass is 10.2. The maximum absolute atomic E-state index is 12.3. The number of rotatable bonds is 5. The molecular formula is C25H23Cl2N3O3. The molecular weight excluding hydrogens is 461 g/mol. The van der Waals surface area contributed by atoms with Crippen LogP contribution < -0.4 is 10.2 Å². The molecule has 170 valence electrons. The van der Waals surface area contributed by atoms with Gasteiger partial charge < -0.3 is 19.5 Å². The van der Waals surface area contributed by atoms with Crippen LogP contribution in [0.1, 0.15) is 12.7 Å². The molecule has 0 unspecified atom stereocenters. The summed E-state index contributed by atoms with van der Waals surface area (Å²) in [5, 5.41) is 3.94. The average molecular weight is 484 g/mol. The predicted octanol–water partition coefficient (Wildman–Crippen LogP) is 5.57. The van der Waals surface area contributed by atoms with Crippen LogP contribution in [0, 0.1) is 0 Å². The van der Waals surface area contributed by atoms with Gasteiger partial charge in [0.15, 0.2) is 0 Å². The number of amides is 2. The molecule has 2 amide bonds. The molecule has 2 heterocycles. The minimum absolute atomic E-state index is 0.111. The van der Waals surface area contributed by atoms with E-state index in [1.54, 1.807) is 43.3 Å². The maximum Gasteiger partial charge on any atom is 0.248 e. The third kappa shape index (κ3) is 5.78. The summed E-state index contributed by atoms with van der Waals surface area (Å²) in [5.41, 5.74) is 2.45. The van der Waals surface area contributed by atoms with Gasteiger partial charge in [-0.15, -0.1) is 0 Å². The molecule has 4 rings (SSSR count). The zero-order valence-electron chi connectivity index (χ0n) is 18.1. The van der Waals surface area contributed by atoms with Crippen LogP contribution in [-0.4, -0.2) is 42.9 Å². The first kappa shape index (κ1) is 23.0. The van der Waals surface area contributed by atoms with Crippen LogP contribution in [0.25, 0.3) is 17.4 Å². The Bertz CT molecular complexity index is 1180. The van der Waals surface area contributed by atoms with Gasteiger partial charge in [-0.3, -0.25) is 9.59 Å². The van der Waals surface area contributed by atoms with Crippen molar-refractivity contribution in [2.24, 2.45) is 0 Å². The van der Waals surface area contributed by atoms with Crippen molar-refractivity contribution in [1.82, 2.24) is 4.90 Å². The second kappa shape index (κ2) is 10.1. The van der Waals surface area contributed by atoms with E-state index in [0.29, 0.717) is 32.8 Å². The highest BCUT2D eigenvalue weighted by atomic mass is 35.5. The molecule has 1 N–H and O–H groups in total. The standard InChI is InChI=1S/C25H23Cl2N3O3/c1-17(31)29-12-14-30(15-13-29)20-5-3-19(4-6-20)28-25(32)11-8-21-7-10-24(33-21)22-16-18(26)2-9-23(22)27/h2-11,16H,12-15H2,1H3,(H,28,32)/b11-8+. The monoisotopic (exact) mass is 483 g/mol. The van der Waals surface area contributed by atoms with E-state index < -0.39 is 0 Å². The summed E-state index contributed by atoms with van der Waals surface area (Å²) in [6, 6.07) is 16.4. The molecule has 33 heavy (non-hydrogen) atoms. The van der Waals surface area contributed by atoms with Gasteiger partial charge in [-0.25, -0.2) is 0 Å². The fourth-order valence-corrected chi connectivity index (χ4v) is 4.03. The lowest BCUT2D eigenvalue weighted by Gasteiger charge is -2.35. The quantitative estimate of drug-likeness (QED) is 0.481. The van der Waals surface area contributed by atoms with Crippen LogP contribution in [0.15, 0.2) is 65.1 Å². The van der Waals surface area contributed by atoms with Crippen LogP contribution in [0.4, 0.5) is 11.4 Å². The number of hydrogen-bond donors (Lipinski definition) is 1. The summed E-state index contributed by atoms with van der Waals surface area (Å²) in [5.74, 6) is 0.940. The molecule has 2 aromatic carbocycles. The molecule has 0 aliphatic carbocycles. The molecule has 3 aromatic rings. The number of carbonyl (C=O) groups is 2. The van der Waals surface area contributed by atoms with Crippen molar-refractivity contribution in [2.75, 3.05) is 36.4 Å². The molecule has 6 nitrogen and oxygen atoms in total. The minimum Gasteiger partial charge on any atom is -0.457 e. The number of nitrogens with one attached hydrogen (secondary N) is 1. The molecule has 8 heteroatoms. The summed E-state index contributed by atoms with van der Waals surface area (Å²) in [6.07, 6.45) is 3.01. The van der Waals surface area contributed by atoms with Crippen molar-refractivity contribution in [3.63, 3.8) is 0 Å². The fourth-order valence-electron chi connectivity index (χ4n) is 3.65. The highest BCUT2D eigenvalue weighted by Crippen LogP contribution is 2.32. The lowest BCUT2D eigenvalue weighted by Crippen LogP contribution is -2.48.